The molecule has 1 aliphatic rings. The molecule has 3 aromatic rings. The molecule has 1 fully saturated rings. The number of pyridine rings is 1. The molecule has 1 saturated heterocycles. The molecule has 28 heavy (non-hydrogen) atoms. The highest BCUT2D eigenvalue weighted by atomic mass is 16.3. The lowest BCUT2D eigenvalue weighted by Crippen LogP contribution is -2.60. The summed E-state index contributed by atoms with van der Waals surface area (Å²) in [6, 6.07) is 19.0. The SMILES string of the molecule is CN(C)[C@@H]1CN(C(=O)c2ccc3ncccc3c2)CC[C@]1(O)c1ccccc1. The first-order chi connectivity index (χ1) is 13.5. The monoisotopic (exact) mass is 375 g/mol. The minimum absolute atomic E-state index is 0.00675. The van der Waals surface area contributed by atoms with Gasteiger partial charge in [0.25, 0.3) is 5.91 Å². The number of hydrogen-bond donors (Lipinski definition) is 1. The fraction of sp³-hybridized carbons (Fsp3) is 0.304. The number of hydrogen-bond acceptors (Lipinski definition) is 4. The molecule has 1 aliphatic heterocycles. The van der Waals surface area contributed by atoms with Crippen LogP contribution in [0.5, 0.6) is 0 Å². The van der Waals surface area contributed by atoms with E-state index in [1.54, 1.807) is 6.20 Å². The first kappa shape index (κ1) is 18.6. The third-order valence-electron chi connectivity index (χ3n) is 5.74. The predicted molar refractivity (Wildman–Crippen MR) is 110 cm³/mol. The number of carbonyl (C=O) groups is 1. The molecule has 5 heteroatoms. The summed E-state index contributed by atoms with van der Waals surface area (Å²) in [5.41, 5.74) is 1.46. The Balaban J connectivity index is 1.61. The minimum Gasteiger partial charge on any atom is -0.383 e. The Bertz CT molecular complexity index is 989. The Morgan fingerprint density at radius 3 is 2.68 bits per heavy atom. The van der Waals surface area contributed by atoms with Crippen LogP contribution in [-0.4, -0.2) is 59.0 Å². The molecule has 1 amide bonds. The number of aromatic nitrogens is 1. The van der Waals surface area contributed by atoms with Crippen LogP contribution in [-0.2, 0) is 5.60 Å². The van der Waals surface area contributed by atoms with Crippen molar-refractivity contribution >= 4 is 16.8 Å². The molecule has 0 spiro atoms. The van der Waals surface area contributed by atoms with Crippen molar-refractivity contribution in [2.45, 2.75) is 18.1 Å². The number of likely N-dealkylation sites (tertiary alicyclic amines) is 1. The van der Waals surface area contributed by atoms with Gasteiger partial charge in [0, 0.05) is 30.2 Å². The Labute approximate surface area is 165 Å². The number of amides is 1. The average Bonchev–Trinajstić information content (AvgIpc) is 2.73. The van der Waals surface area contributed by atoms with Crippen LogP contribution in [0, 0.1) is 0 Å². The maximum Gasteiger partial charge on any atom is 0.253 e. The molecule has 0 saturated carbocycles. The third-order valence-corrected chi connectivity index (χ3v) is 5.74. The molecule has 0 unspecified atom stereocenters. The van der Waals surface area contributed by atoms with E-state index in [9.17, 15) is 9.90 Å². The van der Waals surface area contributed by atoms with Gasteiger partial charge in [-0.1, -0.05) is 36.4 Å². The van der Waals surface area contributed by atoms with Crippen LogP contribution in [0.1, 0.15) is 22.3 Å². The Hall–Kier alpha value is -2.76. The van der Waals surface area contributed by atoms with Gasteiger partial charge in [0.1, 0.15) is 5.60 Å². The van der Waals surface area contributed by atoms with Crippen molar-refractivity contribution in [3.05, 3.63) is 78.0 Å². The smallest absolute Gasteiger partial charge is 0.253 e. The number of rotatable bonds is 3. The molecular formula is C23H25N3O2. The second-order valence-electron chi connectivity index (χ2n) is 7.68. The van der Waals surface area contributed by atoms with Crippen molar-refractivity contribution in [1.29, 1.82) is 0 Å². The highest BCUT2D eigenvalue weighted by molar-refractivity contribution is 5.98. The number of nitrogens with zero attached hydrogens (tertiary/aromatic N) is 3. The van der Waals surface area contributed by atoms with Gasteiger partial charge in [0.05, 0.1) is 11.6 Å². The first-order valence-electron chi connectivity index (χ1n) is 9.57. The lowest BCUT2D eigenvalue weighted by molar-refractivity contribution is -0.0810. The van der Waals surface area contributed by atoms with Gasteiger partial charge in [-0.2, -0.15) is 0 Å². The number of carbonyl (C=O) groups excluding carboxylic acids is 1. The van der Waals surface area contributed by atoms with E-state index in [0.717, 1.165) is 16.5 Å². The number of benzene rings is 2. The van der Waals surface area contributed by atoms with Gasteiger partial charge in [0.15, 0.2) is 0 Å². The fourth-order valence-electron chi connectivity index (χ4n) is 4.15. The second kappa shape index (κ2) is 7.34. The van der Waals surface area contributed by atoms with Gasteiger partial charge in [0.2, 0.25) is 0 Å². The third kappa shape index (κ3) is 3.28. The zero-order chi connectivity index (χ0) is 19.7. The largest absolute Gasteiger partial charge is 0.383 e. The summed E-state index contributed by atoms with van der Waals surface area (Å²) >= 11 is 0. The van der Waals surface area contributed by atoms with Crippen molar-refractivity contribution in [2.24, 2.45) is 0 Å². The Kier molecular flexibility index (Phi) is 4.87. The van der Waals surface area contributed by atoms with Crippen molar-refractivity contribution in [3.63, 3.8) is 0 Å². The summed E-state index contributed by atoms with van der Waals surface area (Å²) in [5, 5.41) is 12.5. The number of piperidine rings is 1. The van der Waals surface area contributed by atoms with E-state index >= 15 is 0 Å². The lowest BCUT2D eigenvalue weighted by Gasteiger charge is -2.47. The summed E-state index contributed by atoms with van der Waals surface area (Å²) in [4.78, 5) is 21.3. The molecular weight excluding hydrogens is 350 g/mol. The van der Waals surface area contributed by atoms with Crippen LogP contribution in [0.3, 0.4) is 0 Å². The Morgan fingerprint density at radius 1 is 1.14 bits per heavy atom. The van der Waals surface area contributed by atoms with Gasteiger partial charge in [-0.25, -0.2) is 0 Å². The van der Waals surface area contributed by atoms with E-state index in [4.69, 9.17) is 0 Å². The fourth-order valence-corrected chi connectivity index (χ4v) is 4.15. The van der Waals surface area contributed by atoms with E-state index in [2.05, 4.69) is 4.98 Å². The molecule has 5 nitrogen and oxygen atoms in total. The van der Waals surface area contributed by atoms with Crippen molar-refractivity contribution in [3.8, 4) is 0 Å². The normalized spacial score (nSPS) is 22.6. The maximum atomic E-state index is 13.2. The molecule has 4 rings (SSSR count). The van der Waals surface area contributed by atoms with Crippen molar-refractivity contribution < 1.29 is 9.90 Å². The zero-order valence-corrected chi connectivity index (χ0v) is 16.2. The van der Waals surface area contributed by atoms with E-state index in [1.807, 2.05) is 84.6 Å². The number of fused-ring (bicyclic) bond motifs is 1. The van der Waals surface area contributed by atoms with Crippen molar-refractivity contribution in [1.82, 2.24) is 14.8 Å². The predicted octanol–water partition coefficient (Wildman–Crippen LogP) is 2.90. The molecule has 1 N–H and O–H groups in total. The quantitative estimate of drug-likeness (QED) is 0.765. The summed E-state index contributed by atoms with van der Waals surface area (Å²) in [6.45, 7) is 0.988. The summed E-state index contributed by atoms with van der Waals surface area (Å²) < 4.78 is 0. The van der Waals surface area contributed by atoms with Gasteiger partial charge < -0.3 is 14.9 Å². The summed E-state index contributed by atoms with van der Waals surface area (Å²) in [6.07, 6.45) is 2.25. The van der Waals surface area contributed by atoms with Crippen LogP contribution in [0.4, 0.5) is 0 Å². The first-order valence-corrected chi connectivity index (χ1v) is 9.57. The Morgan fingerprint density at radius 2 is 1.93 bits per heavy atom. The van der Waals surface area contributed by atoms with Crippen LogP contribution in [0.25, 0.3) is 10.9 Å². The van der Waals surface area contributed by atoms with E-state index in [0.29, 0.717) is 25.1 Å². The van der Waals surface area contributed by atoms with Gasteiger partial charge in [-0.05, 0) is 50.3 Å². The van der Waals surface area contributed by atoms with E-state index < -0.39 is 5.60 Å². The molecule has 0 radical (unpaired) electrons. The number of aliphatic hydroxyl groups is 1. The summed E-state index contributed by atoms with van der Waals surface area (Å²) in [7, 11) is 3.91. The van der Waals surface area contributed by atoms with Crippen LogP contribution in [0.15, 0.2) is 66.9 Å². The highest BCUT2D eigenvalue weighted by Gasteiger charge is 2.45. The van der Waals surface area contributed by atoms with Gasteiger partial charge >= 0.3 is 0 Å². The molecule has 1 aromatic heterocycles. The van der Waals surface area contributed by atoms with Crippen molar-refractivity contribution in [2.75, 3.05) is 27.2 Å². The van der Waals surface area contributed by atoms with E-state index in [-0.39, 0.29) is 11.9 Å². The van der Waals surface area contributed by atoms with Gasteiger partial charge in [-0.15, -0.1) is 0 Å². The average molecular weight is 375 g/mol. The zero-order valence-electron chi connectivity index (χ0n) is 16.2. The van der Waals surface area contributed by atoms with Gasteiger partial charge in [-0.3, -0.25) is 9.78 Å². The maximum absolute atomic E-state index is 13.2. The standard InChI is InChI=1S/C23H25N3O2/c1-25(2)21-16-26(14-12-23(21,28)19-8-4-3-5-9-19)22(27)18-10-11-20-17(15-18)7-6-13-24-20/h3-11,13,15,21,28H,12,14,16H2,1-2H3/t21-,23+/m1/s1. The highest BCUT2D eigenvalue weighted by Crippen LogP contribution is 2.35. The lowest BCUT2D eigenvalue weighted by atomic mass is 9.79. The van der Waals surface area contributed by atoms with Crippen LogP contribution in [0.2, 0.25) is 0 Å². The molecule has 0 aliphatic carbocycles. The molecule has 0 bridgehead atoms. The van der Waals surface area contributed by atoms with E-state index in [1.165, 1.54) is 0 Å². The second-order valence-corrected chi connectivity index (χ2v) is 7.68. The number of likely N-dealkylation sites (N-methyl/N-ethyl adjacent to an activating group) is 1. The topological polar surface area (TPSA) is 56.7 Å². The molecule has 144 valence electrons. The molecule has 2 aromatic carbocycles. The van der Waals surface area contributed by atoms with Crippen LogP contribution < -0.4 is 0 Å². The summed E-state index contributed by atoms with van der Waals surface area (Å²) in [5.74, 6) is -0.00675. The molecule has 2 heterocycles. The van der Waals surface area contributed by atoms with Crippen LogP contribution >= 0.6 is 0 Å². The molecule has 2 atom stereocenters. The minimum atomic E-state index is -0.977.